The smallest absolute Gasteiger partial charge is 0.0571 e. The van der Waals surface area contributed by atoms with Gasteiger partial charge in [0.15, 0.2) is 0 Å². The summed E-state index contributed by atoms with van der Waals surface area (Å²) in [4.78, 5) is 0. The normalized spacial score (nSPS) is 35.2. The summed E-state index contributed by atoms with van der Waals surface area (Å²) in [5.74, 6) is 0.737. The number of hydrogen-bond acceptors (Lipinski definition) is 2. The van der Waals surface area contributed by atoms with E-state index >= 15 is 0 Å². The lowest BCUT2D eigenvalue weighted by molar-refractivity contribution is 0.0538. The van der Waals surface area contributed by atoms with E-state index in [4.69, 9.17) is 10.5 Å². The molecule has 1 atom stereocenters. The Labute approximate surface area is 69.1 Å². The van der Waals surface area contributed by atoms with Crippen molar-refractivity contribution < 1.29 is 4.74 Å². The van der Waals surface area contributed by atoms with Crippen molar-refractivity contribution in [1.82, 2.24) is 0 Å². The van der Waals surface area contributed by atoms with Crippen LogP contribution in [0, 0.1) is 5.92 Å². The zero-order valence-corrected chi connectivity index (χ0v) is 7.55. The standard InChI is InChI=1S/C9H19NO/c1-7(10)8-3-5-9(11-2)6-4-8/h7-9H,3-6,10H2,1-2H3. The summed E-state index contributed by atoms with van der Waals surface area (Å²) in [6.07, 6.45) is 5.39. The maximum Gasteiger partial charge on any atom is 0.0571 e. The molecular weight excluding hydrogens is 138 g/mol. The largest absolute Gasteiger partial charge is 0.381 e. The Morgan fingerprint density at radius 3 is 2.18 bits per heavy atom. The van der Waals surface area contributed by atoms with Gasteiger partial charge in [0.05, 0.1) is 6.10 Å². The molecule has 0 aliphatic heterocycles. The average Bonchev–Trinajstić information content (AvgIpc) is 2.05. The van der Waals surface area contributed by atoms with Crippen molar-refractivity contribution in [3.05, 3.63) is 0 Å². The second-order valence-corrected chi connectivity index (χ2v) is 3.63. The van der Waals surface area contributed by atoms with E-state index in [9.17, 15) is 0 Å². The van der Waals surface area contributed by atoms with Gasteiger partial charge in [-0.25, -0.2) is 0 Å². The summed E-state index contributed by atoms with van der Waals surface area (Å²) in [5, 5.41) is 0. The zero-order chi connectivity index (χ0) is 8.27. The third-order valence-electron chi connectivity index (χ3n) is 2.80. The molecule has 11 heavy (non-hydrogen) atoms. The fourth-order valence-electron chi connectivity index (χ4n) is 1.85. The van der Waals surface area contributed by atoms with E-state index in [1.54, 1.807) is 7.11 Å². The van der Waals surface area contributed by atoms with Gasteiger partial charge in [0.1, 0.15) is 0 Å². The zero-order valence-electron chi connectivity index (χ0n) is 7.55. The SMILES string of the molecule is COC1CCC(C(C)N)CC1. The summed E-state index contributed by atoms with van der Waals surface area (Å²) in [7, 11) is 1.80. The average molecular weight is 157 g/mol. The molecule has 66 valence electrons. The monoisotopic (exact) mass is 157 g/mol. The van der Waals surface area contributed by atoms with Gasteiger partial charge in [-0.15, -0.1) is 0 Å². The predicted molar refractivity (Wildman–Crippen MR) is 46.4 cm³/mol. The summed E-state index contributed by atoms with van der Waals surface area (Å²) < 4.78 is 5.28. The molecule has 2 N–H and O–H groups in total. The Hall–Kier alpha value is -0.0800. The Bertz CT molecular complexity index is 106. The molecule has 0 aromatic heterocycles. The van der Waals surface area contributed by atoms with Crippen LogP contribution in [0.3, 0.4) is 0 Å². The molecule has 0 aromatic carbocycles. The van der Waals surface area contributed by atoms with Crippen LogP contribution in [0.25, 0.3) is 0 Å². The molecular formula is C9H19NO. The molecule has 1 saturated carbocycles. The second kappa shape index (κ2) is 4.07. The van der Waals surface area contributed by atoms with E-state index in [0.717, 1.165) is 5.92 Å². The Morgan fingerprint density at radius 2 is 1.82 bits per heavy atom. The van der Waals surface area contributed by atoms with Crippen LogP contribution < -0.4 is 5.73 Å². The highest BCUT2D eigenvalue weighted by molar-refractivity contribution is 4.77. The van der Waals surface area contributed by atoms with E-state index in [1.165, 1.54) is 25.7 Å². The minimum atomic E-state index is 0.368. The molecule has 2 heteroatoms. The number of nitrogens with two attached hydrogens (primary N) is 1. The second-order valence-electron chi connectivity index (χ2n) is 3.63. The van der Waals surface area contributed by atoms with Gasteiger partial charge in [0.25, 0.3) is 0 Å². The minimum absolute atomic E-state index is 0.368. The van der Waals surface area contributed by atoms with Crippen LogP contribution in [0.2, 0.25) is 0 Å². The van der Waals surface area contributed by atoms with Gasteiger partial charge in [-0.05, 0) is 38.5 Å². The fraction of sp³-hybridized carbons (Fsp3) is 1.00. The van der Waals surface area contributed by atoms with Crippen molar-refractivity contribution in [2.75, 3.05) is 7.11 Å². The topological polar surface area (TPSA) is 35.2 Å². The quantitative estimate of drug-likeness (QED) is 0.660. The summed E-state index contributed by atoms with van der Waals surface area (Å²) in [5.41, 5.74) is 5.81. The van der Waals surface area contributed by atoms with Gasteiger partial charge in [-0.2, -0.15) is 0 Å². The first-order chi connectivity index (χ1) is 5.24. The minimum Gasteiger partial charge on any atom is -0.381 e. The van der Waals surface area contributed by atoms with Gasteiger partial charge < -0.3 is 10.5 Å². The maximum absolute atomic E-state index is 5.81. The molecule has 1 unspecified atom stereocenters. The van der Waals surface area contributed by atoms with Gasteiger partial charge >= 0.3 is 0 Å². The van der Waals surface area contributed by atoms with E-state index in [2.05, 4.69) is 6.92 Å². The first-order valence-corrected chi connectivity index (χ1v) is 4.52. The number of rotatable bonds is 2. The highest BCUT2D eigenvalue weighted by Gasteiger charge is 2.22. The number of ether oxygens (including phenoxy) is 1. The highest BCUT2D eigenvalue weighted by atomic mass is 16.5. The Balaban J connectivity index is 2.24. The third-order valence-corrected chi connectivity index (χ3v) is 2.80. The van der Waals surface area contributed by atoms with Crippen molar-refractivity contribution in [3.63, 3.8) is 0 Å². The molecule has 2 nitrogen and oxygen atoms in total. The van der Waals surface area contributed by atoms with Gasteiger partial charge in [0, 0.05) is 13.2 Å². The summed E-state index contributed by atoms with van der Waals surface area (Å²) in [6.45, 7) is 2.11. The van der Waals surface area contributed by atoms with Crippen LogP contribution in [0.4, 0.5) is 0 Å². The van der Waals surface area contributed by atoms with E-state index in [1.807, 2.05) is 0 Å². The molecule has 1 aliphatic rings. The molecule has 0 radical (unpaired) electrons. The van der Waals surface area contributed by atoms with Crippen LogP contribution in [-0.2, 0) is 4.74 Å². The predicted octanol–water partition coefficient (Wildman–Crippen LogP) is 1.54. The molecule has 0 heterocycles. The van der Waals surface area contributed by atoms with E-state index < -0.39 is 0 Å². The lowest BCUT2D eigenvalue weighted by Gasteiger charge is -2.29. The van der Waals surface area contributed by atoms with Crippen LogP contribution >= 0.6 is 0 Å². The van der Waals surface area contributed by atoms with Crippen LogP contribution in [0.5, 0.6) is 0 Å². The summed E-state index contributed by atoms with van der Waals surface area (Å²) >= 11 is 0. The fourth-order valence-corrected chi connectivity index (χ4v) is 1.85. The Morgan fingerprint density at radius 1 is 1.27 bits per heavy atom. The molecule has 0 aromatic rings. The summed E-state index contributed by atoms with van der Waals surface area (Å²) in [6, 6.07) is 0.368. The first-order valence-electron chi connectivity index (χ1n) is 4.52. The molecule has 1 fully saturated rings. The van der Waals surface area contributed by atoms with Crippen molar-refractivity contribution >= 4 is 0 Å². The van der Waals surface area contributed by atoms with Gasteiger partial charge in [-0.1, -0.05) is 0 Å². The third kappa shape index (κ3) is 2.46. The van der Waals surface area contributed by atoms with Crippen LogP contribution in [0.1, 0.15) is 32.6 Å². The van der Waals surface area contributed by atoms with Crippen LogP contribution in [0.15, 0.2) is 0 Å². The van der Waals surface area contributed by atoms with Gasteiger partial charge in [-0.3, -0.25) is 0 Å². The highest BCUT2D eigenvalue weighted by Crippen LogP contribution is 2.27. The molecule has 0 spiro atoms. The number of hydrogen-bond donors (Lipinski definition) is 1. The lowest BCUT2D eigenvalue weighted by Crippen LogP contribution is -2.32. The van der Waals surface area contributed by atoms with Crippen molar-refractivity contribution in [1.29, 1.82) is 0 Å². The van der Waals surface area contributed by atoms with E-state index in [0.29, 0.717) is 12.1 Å². The molecule has 0 bridgehead atoms. The van der Waals surface area contributed by atoms with Crippen molar-refractivity contribution in [3.8, 4) is 0 Å². The molecule has 1 rings (SSSR count). The number of methoxy groups -OCH3 is 1. The Kier molecular flexibility index (Phi) is 3.34. The van der Waals surface area contributed by atoms with Crippen molar-refractivity contribution in [2.24, 2.45) is 11.7 Å². The first kappa shape index (κ1) is 9.01. The molecule has 0 saturated heterocycles. The maximum atomic E-state index is 5.81. The van der Waals surface area contributed by atoms with Crippen LogP contribution in [-0.4, -0.2) is 19.3 Å². The van der Waals surface area contributed by atoms with Crippen molar-refractivity contribution in [2.45, 2.75) is 44.8 Å². The molecule has 0 amide bonds. The van der Waals surface area contributed by atoms with E-state index in [-0.39, 0.29) is 0 Å². The lowest BCUT2D eigenvalue weighted by atomic mass is 9.83. The van der Waals surface area contributed by atoms with Gasteiger partial charge in [0.2, 0.25) is 0 Å². The molecule has 1 aliphatic carbocycles.